The third-order valence-corrected chi connectivity index (χ3v) is 3.99. The second-order valence-electron chi connectivity index (χ2n) is 5.55. The smallest absolute Gasteiger partial charge is 0.244 e. The van der Waals surface area contributed by atoms with E-state index in [4.69, 9.17) is 0 Å². The van der Waals surface area contributed by atoms with Crippen LogP contribution in [-0.4, -0.2) is 23.9 Å². The third-order valence-electron chi connectivity index (χ3n) is 3.99. The van der Waals surface area contributed by atoms with Crippen LogP contribution in [-0.2, 0) is 4.79 Å². The van der Waals surface area contributed by atoms with Crippen LogP contribution >= 0.6 is 0 Å². The lowest BCUT2D eigenvalue weighted by Crippen LogP contribution is -2.33. The predicted octanol–water partition coefficient (Wildman–Crippen LogP) is 2.80. The standard InChI is InChI=1S/C16H20N2O/c1-12(2)14-8-9-18(11-14)16(19)15(10-17)13-6-4-3-5-7-13/h3-7,12,14-15H,8-9,11H2,1-2H3. The highest BCUT2D eigenvalue weighted by Gasteiger charge is 2.32. The van der Waals surface area contributed by atoms with Crippen molar-refractivity contribution in [2.75, 3.05) is 13.1 Å². The Kier molecular flexibility index (Phi) is 4.21. The molecule has 0 saturated carbocycles. The van der Waals surface area contributed by atoms with Gasteiger partial charge >= 0.3 is 0 Å². The van der Waals surface area contributed by atoms with E-state index in [0.717, 1.165) is 25.1 Å². The van der Waals surface area contributed by atoms with Gasteiger partial charge in [0.1, 0.15) is 5.92 Å². The molecule has 0 radical (unpaired) electrons. The Bertz CT molecular complexity index is 475. The minimum absolute atomic E-state index is 0.0446. The average molecular weight is 256 g/mol. The summed E-state index contributed by atoms with van der Waals surface area (Å²) in [5.41, 5.74) is 0.794. The van der Waals surface area contributed by atoms with Gasteiger partial charge < -0.3 is 4.90 Å². The van der Waals surface area contributed by atoms with E-state index < -0.39 is 5.92 Å². The van der Waals surface area contributed by atoms with Gasteiger partial charge in [0.25, 0.3) is 0 Å². The quantitative estimate of drug-likeness (QED) is 0.834. The summed E-state index contributed by atoms with van der Waals surface area (Å²) in [6.45, 7) is 5.96. The number of nitrogens with zero attached hydrogens (tertiary/aromatic N) is 2. The van der Waals surface area contributed by atoms with Crippen LogP contribution in [0, 0.1) is 23.2 Å². The molecule has 1 aliphatic rings. The molecule has 2 atom stereocenters. The van der Waals surface area contributed by atoms with Crippen LogP contribution in [0.25, 0.3) is 0 Å². The Balaban J connectivity index is 2.09. The molecular weight excluding hydrogens is 236 g/mol. The van der Waals surface area contributed by atoms with E-state index in [0.29, 0.717) is 11.8 Å². The minimum atomic E-state index is -0.660. The lowest BCUT2D eigenvalue weighted by molar-refractivity contribution is -0.130. The fourth-order valence-electron chi connectivity index (χ4n) is 2.63. The summed E-state index contributed by atoms with van der Waals surface area (Å²) in [5.74, 6) is 0.457. The second-order valence-corrected chi connectivity index (χ2v) is 5.55. The molecule has 1 fully saturated rings. The molecule has 19 heavy (non-hydrogen) atoms. The molecular formula is C16H20N2O. The van der Waals surface area contributed by atoms with Crippen molar-refractivity contribution in [3.8, 4) is 6.07 Å². The fourth-order valence-corrected chi connectivity index (χ4v) is 2.63. The van der Waals surface area contributed by atoms with Crippen molar-refractivity contribution in [3.63, 3.8) is 0 Å². The molecule has 0 aromatic heterocycles. The Labute approximate surface area is 114 Å². The zero-order valence-corrected chi connectivity index (χ0v) is 11.5. The van der Waals surface area contributed by atoms with Crippen LogP contribution in [0.3, 0.4) is 0 Å². The number of rotatable bonds is 3. The Morgan fingerprint density at radius 3 is 2.58 bits per heavy atom. The molecule has 0 bridgehead atoms. The zero-order chi connectivity index (χ0) is 13.8. The number of carbonyl (C=O) groups is 1. The van der Waals surface area contributed by atoms with Gasteiger partial charge in [-0.2, -0.15) is 5.26 Å². The van der Waals surface area contributed by atoms with Gasteiger partial charge in [0.15, 0.2) is 0 Å². The van der Waals surface area contributed by atoms with Crippen LogP contribution in [0.4, 0.5) is 0 Å². The molecule has 1 aromatic rings. The molecule has 3 heteroatoms. The van der Waals surface area contributed by atoms with E-state index in [1.807, 2.05) is 35.2 Å². The van der Waals surface area contributed by atoms with Gasteiger partial charge in [-0.05, 0) is 23.8 Å². The zero-order valence-electron chi connectivity index (χ0n) is 11.5. The fraction of sp³-hybridized carbons (Fsp3) is 0.500. The van der Waals surface area contributed by atoms with Gasteiger partial charge in [-0.25, -0.2) is 0 Å². The van der Waals surface area contributed by atoms with E-state index in [1.165, 1.54) is 0 Å². The van der Waals surface area contributed by atoms with Gasteiger partial charge in [-0.3, -0.25) is 4.79 Å². The molecule has 3 nitrogen and oxygen atoms in total. The summed E-state index contributed by atoms with van der Waals surface area (Å²) in [5, 5.41) is 9.29. The first kappa shape index (κ1) is 13.6. The maximum Gasteiger partial charge on any atom is 0.244 e. The molecule has 1 aliphatic heterocycles. The Hall–Kier alpha value is -1.82. The summed E-state index contributed by atoms with van der Waals surface area (Å²) in [7, 11) is 0. The van der Waals surface area contributed by atoms with Crippen molar-refractivity contribution in [2.24, 2.45) is 11.8 Å². The van der Waals surface area contributed by atoms with Crippen LogP contribution in [0.5, 0.6) is 0 Å². The molecule has 2 unspecified atom stereocenters. The summed E-state index contributed by atoms with van der Waals surface area (Å²) in [6, 6.07) is 11.5. The molecule has 0 aliphatic carbocycles. The van der Waals surface area contributed by atoms with E-state index >= 15 is 0 Å². The van der Waals surface area contributed by atoms with Crippen molar-refractivity contribution in [1.29, 1.82) is 5.26 Å². The topological polar surface area (TPSA) is 44.1 Å². The molecule has 1 heterocycles. The van der Waals surface area contributed by atoms with Crippen LogP contribution < -0.4 is 0 Å². The number of benzene rings is 1. The van der Waals surface area contributed by atoms with Gasteiger partial charge in [0.05, 0.1) is 6.07 Å². The lowest BCUT2D eigenvalue weighted by atomic mass is 9.95. The van der Waals surface area contributed by atoms with Crippen molar-refractivity contribution >= 4 is 5.91 Å². The molecule has 0 spiro atoms. The maximum absolute atomic E-state index is 12.4. The van der Waals surface area contributed by atoms with E-state index in [1.54, 1.807) is 0 Å². The predicted molar refractivity (Wildman–Crippen MR) is 74.3 cm³/mol. The number of hydrogen-bond acceptors (Lipinski definition) is 2. The highest BCUT2D eigenvalue weighted by molar-refractivity contribution is 5.86. The minimum Gasteiger partial charge on any atom is -0.341 e. The number of nitriles is 1. The summed E-state index contributed by atoms with van der Waals surface area (Å²) in [4.78, 5) is 14.3. The number of hydrogen-bond donors (Lipinski definition) is 0. The SMILES string of the molecule is CC(C)C1CCN(C(=O)C(C#N)c2ccccc2)C1. The van der Waals surface area contributed by atoms with Crippen LogP contribution in [0.15, 0.2) is 30.3 Å². The summed E-state index contributed by atoms with van der Waals surface area (Å²) in [6.07, 6.45) is 1.05. The highest BCUT2D eigenvalue weighted by atomic mass is 16.2. The summed E-state index contributed by atoms with van der Waals surface area (Å²) < 4.78 is 0. The van der Waals surface area contributed by atoms with Gasteiger partial charge in [0.2, 0.25) is 5.91 Å². The second kappa shape index (κ2) is 5.88. The molecule has 1 amide bonds. The molecule has 1 aromatic carbocycles. The molecule has 100 valence electrons. The first-order valence-corrected chi connectivity index (χ1v) is 6.87. The van der Waals surface area contributed by atoms with Gasteiger partial charge in [-0.1, -0.05) is 44.2 Å². The van der Waals surface area contributed by atoms with Gasteiger partial charge in [0, 0.05) is 13.1 Å². The van der Waals surface area contributed by atoms with Crippen molar-refractivity contribution in [2.45, 2.75) is 26.2 Å². The first-order valence-electron chi connectivity index (χ1n) is 6.87. The maximum atomic E-state index is 12.4. The van der Waals surface area contributed by atoms with Crippen LogP contribution in [0.2, 0.25) is 0 Å². The molecule has 0 N–H and O–H groups in total. The number of amides is 1. The Morgan fingerprint density at radius 2 is 2.05 bits per heavy atom. The highest BCUT2D eigenvalue weighted by Crippen LogP contribution is 2.27. The van der Waals surface area contributed by atoms with Crippen molar-refractivity contribution in [1.82, 2.24) is 4.90 Å². The van der Waals surface area contributed by atoms with E-state index in [-0.39, 0.29) is 5.91 Å². The van der Waals surface area contributed by atoms with Crippen molar-refractivity contribution < 1.29 is 4.79 Å². The van der Waals surface area contributed by atoms with Crippen LogP contribution in [0.1, 0.15) is 31.7 Å². The van der Waals surface area contributed by atoms with E-state index in [9.17, 15) is 10.1 Å². The van der Waals surface area contributed by atoms with Crippen molar-refractivity contribution in [3.05, 3.63) is 35.9 Å². The van der Waals surface area contributed by atoms with E-state index in [2.05, 4.69) is 19.9 Å². The first-order chi connectivity index (χ1) is 9.13. The average Bonchev–Trinajstić information content (AvgIpc) is 2.90. The monoisotopic (exact) mass is 256 g/mol. The molecule has 2 rings (SSSR count). The largest absolute Gasteiger partial charge is 0.341 e. The number of carbonyl (C=O) groups excluding carboxylic acids is 1. The normalized spacial score (nSPS) is 20.3. The Morgan fingerprint density at radius 1 is 1.37 bits per heavy atom. The summed E-state index contributed by atoms with van der Waals surface area (Å²) >= 11 is 0. The lowest BCUT2D eigenvalue weighted by Gasteiger charge is -2.20. The van der Waals surface area contributed by atoms with Gasteiger partial charge in [-0.15, -0.1) is 0 Å². The molecule has 1 saturated heterocycles. The third kappa shape index (κ3) is 2.96. The number of likely N-dealkylation sites (tertiary alicyclic amines) is 1.